The molecule has 0 aliphatic rings. The van der Waals surface area contributed by atoms with Crippen LogP contribution in [0.1, 0.15) is 5.69 Å². The fraction of sp³-hybridized carbons (Fsp3) is 0.667. The van der Waals surface area contributed by atoms with Crippen LogP contribution in [0.5, 0.6) is 0 Å². The lowest BCUT2D eigenvalue weighted by atomic mass is 10.4. The van der Waals surface area contributed by atoms with Crippen LogP contribution in [0.4, 0.5) is 13.2 Å². The monoisotopic (exact) mass is 236 g/mol. The van der Waals surface area contributed by atoms with Crippen molar-refractivity contribution in [3.05, 3.63) is 18.0 Å². The van der Waals surface area contributed by atoms with E-state index in [2.05, 4.69) is 15.5 Å². The first-order valence-corrected chi connectivity index (χ1v) is 4.91. The lowest BCUT2D eigenvalue weighted by Crippen LogP contribution is -2.35. The van der Waals surface area contributed by atoms with E-state index in [0.29, 0.717) is 19.6 Å². The summed E-state index contributed by atoms with van der Waals surface area (Å²) in [5.41, 5.74) is 0.915. The number of nitrogens with zero attached hydrogens (tertiary/aromatic N) is 2. The zero-order valence-electron chi connectivity index (χ0n) is 9.01. The molecule has 1 heterocycles. The van der Waals surface area contributed by atoms with Crippen molar-refractivity contribution in [2.45, 2.75) is 12.7 Å². The summed E-state index contributed by atoms with van der Waals surface area (Å²) < 4.78 is 35.9. The van der Waals surface area contributed by atoms with Gasteiger partial charge in [0.2, 0.25) is 0 Å². The van der Waals surface area contributed by atoms with Crippen molar-refractivity contribution in [3.8, 4) is 0 Å². The molecule has 4 nitrogen and oxygen atoms in total. The number of hydrogen-bond acceptors (Lipinski definition) is 3. The molecule has 0 aromatic carbocycles. The van der Waals surface area contributed by atoms with Gasteiger partial charge in [0.05, 0.1) is 6.54 Å². The van der Waals surface area contributed by atoms with Crippen LogP contribution in [0.25, 0.3) is 0 Å². The molecular formula is C9H15F3N4. The standard InChI is InChI=1S/C9H15F3N4/c1-16(7-9(10,11)12)5-4-13-6-8-2-3-14-15-8/h2-3,13H,4-7H2,1H3,(H,14,15). The Morgan fingerprint density at radius 1 is 1.50 bits per heavy atom. The molecule has 0 fully saturated rings. The van der Waals surface area contributed by atoms with Gasteiger partial charge in [-0.15, -0.1) is 0 Å². The van der Waals surface area contributed by atoms with E-state index in [1.54, 1.807) is 6.20 Å². The first-order valence-electron chi connectivity index (χ1n) is 4.91. The van der Waals surface area contributed by atoms with Gasteiger partial charge in [-0.1, -0.05) is 0 Å². The predicted molar refractivity (Wildman–Crippen MR) is 53.8 cm³/mol. The minimum atomic E-state index is -4.13. The maximum atomic E-state index is 12.0. The first kappa shape index (κ1) is 13.0. The molecule has 0 bridgehead atoms. The van der Waals surface area contributed by atoms with Gasteiger partial charge in [0.15, 0.2) is 0 Å². The van der Waals surface area contributed by atoms with Gasteiger partial charge in [-0.3, -0.25) is 10.00 Å². The number of likely N-dealkylation sites (N-methyl/N-ethyl adjacent to an activating group) is 1. The summed E-state index contributed by atoms with van der Waals surface area (Å²) in [5, 5.41) is 9.54. The van der Waals surface area contributed by atoms with Crippen LogP contribution in [0.3, 0.4) is 0 Å². The summed E-state index contributed by atoms with van der Waals surface area (Å²) in [6, 6.07) is 1.81. The van der Waals surface area contributed by atoms with Crippen LogP contribution in [0, 0.1) is 0 Å². The van der Waals surface area contributed by atoms with E-state index in [0.717, 1.165) is 5.69 Å². The number of H-pyrrole nitrogens is 1. The lowest BCUT2D eigenvalue weighted by Gasteiger charge is -2.18. The highest BCUT2D eigenvalue weighted by atomic mass is 19.4. The maximum Gasteiger partial charge on any atom is 0.401 e. The molecule has 0 saturated heterocycles. The molecule has 1 aromatic rings. The highest BCUT2D eigenvalue weighted by Gasteiger charge is 2.28. The van der Waals surface area contributed by atoms with E-state index < -0.39 is 12.7 Å². The Morgan fingerprint density at radius 2 is 2.25 bits per heavy atom. The third-order valence-corrected chi connectivity index (χ3v) is 1.99. The molecule has 0 atom stereocenters. The van der Waals surface area contributed by atoms with Crippen LogP contribution in [0.2, 0.25) is 0 Å². The molecule has 0 amide bonds. The molecule has 7 heteroatoms. The van der Waals surface area contributed by atoms with E-state index >= 15 is 0 Å². The number of halogens is 3. The Kier molecular flexibility index (Phi) is 4.75. The van der Waals surface area contributed by atoms with Gasteiger partial charge in [-0.25, -0.2) is 0 Å². The number of hydrogen-bond donors (Lipinski definition) is 2. The van der Waals surface area contributed by atoms with Gasteiger partial charge >= 0.3 is 6.18 Å². The molecule has 1 rings (SSSR count). The van der Waals surface area contributed by atoms with E-state index in [1.165, 1.54) is 11.9 Å². The van der Waals surface area contributed by atoms with Crippen molar-refractivity contribution in [3.63, 3.8) is 0 Å². The molecule has 1 aromatic heterocycles. The number of rotatable bonds is 6. The number of aromatic amines is 1. The third-order valence-electron chi connectivity index (χ3n) is 1.99. The topological polar surface area (TPSA) is 44.0 Å². The Bertz CT molecular complexity index is 283. The van der Waals surface area contributed by atoms with Crippen LogP contribution in [-0.4, -0.2) is 48.0 Å². The quantitative estimate of drug-likeness (QED) is 0.724. The van der Waals surface area contributed by atoms with Gasteiger partial charge in [-0.2, -0.15) is 18.3 Å². The summed E-state index contributed by atoms with van der Waals surface area (Å²) in [4.78, 5) is 1.24. The van der Waals surface area contributed by atoms with Gasteiger partial charge in [-0.05, 0) is 13.1 Å². The van der Waals surface area contributed by atoms with E-state index in [4.69, 9.17) is 0 Å². The highest BCUT2D eigenvalue weighted by molar-refractivity contribution is 4.96. The lowest BCUT2D eigenvalue weighted by molar-refractivity contribution is -0.142. The minimum absolute atomic E-state index is 0.355. The van der Waals surface area contributed by atoms with Crippen LogP contribution in [0.15, 0.2) is 12.3 Å². The van der Waals surface area contributed by atoms with Crippen molar-refractivity contribution < 1.29 is 13.2 Å². The Morgan fingerprint density at radius 3 is 2.81 bits per heavy atom. The molecule has 16 heavy (non-hydrogen) atoms. The Balaban J connectivity index is 2.07. The maximum absolute atomic E-state index is 12.0. The second kappa shape index (κ2) is 5.86. The average Bonchev–Trinajstić information content (AvgIpc) is 2.62. The number of nitrogens with one attached hydrogen (secondary N) is 2. The zero-order valence-corrected chi connectivity index (χ0v) is 9.01. The second-order valence-corrected chi connectivity index (χ2v) is 3.61. The van der Waals surface area contributed by atoms with Crippen LogP contribution >= 0.6 is 0 Å². The number of alkyl halides is 3. The molecule has 92 valence electrons. The van der Waals surface area contributed by atoms with E-state index in [9.17, 15) is 13.2 Å². The zero-order chi connectivity index (χ0) is 12.0. The molecule has 0 spiro atoms. The SMILES string of the molecule is CN(CCNCc1ccn[nH]1)CC(F)(F)F. The predicted octanol–water partition coefficient (Wildman–Crippen LogP) is 0.993. The van der Waals surface area contributed by atoms with Crippen LogP contribution < -0.4 is 5.32 Å². The molecule has 0 radical (unpaired) electrons. The van der Waals surface area contributed by atoms with E-state index in [-0.39, 0.29) is 0 Å². The summed E-state index contributed by atoms with van der Waals surface area (Å²) >= 11 is 0. The van der Waals surface area contributed by atoms with Crippen molar-refractivity contribution in [1.82, 2.24) is 20.4 Å². The van der Waals surface area contributed by atoms with Gasteiger partial charge in [0.25, 0.3) is 0 Å². The Labute approximate surface area is 91.8 Å². The molecular weight excluding hydrogens is 221 g/mol. The third kappa shape index (κ3) is 5.72. The highest BCUT2D eigenvalue weighted by Crippen LogP contribution is 2.14. The largest absolute Gasteiger partial charge is 0.401 e. The van der Waals surface area contributed by atoms with Gasteiger partial charge < -0.3 is 5.32 Å². The normalized spacial score (nSPS) is 12.3. The molecule has 2 N–H and O–H groups in total. The summed E-state index contributed by atoms with van der Waals surface area (Å²) in [7, 11) is 1.45. The molecule has 0 saturated carbocycles. The summed E-state index contributed by atoms with van der Waals surface area (Å²) in [6.45, 7) is 0.567. The first-order chi connectivity index (χ1) is 7.47. The minimum Gasteiger partial charge on any atom is -0.310 e. The van der Waals surface area contributed by atoms with Crippen molar-refractivity contribution in [1.29, 1.82) is 0 Å². The Hall–Kier alpha value is -1.08. The fourth-order valence-corrected chi connectivity index (χ4v) is 1.26. The summed E-state index contributed by atoms with van der Waals surface area (Å²) in [5.74, 6) is 0. The van der Waals surface area contributed by atoms with Crippen molar-refractivity contribution in [2.75, 3.05) is 26.7 Å². The van der Waals surface area contributed by atoms with Gasteiger partial charge in [0, 0.05) is 31.5 Å². The average molecular weight is 236 g/mol. The number of aromatic nitrogens is 2. The molecule has 0 aliphatic heterocycles. The van der Waals surface area contributed by atoms with Crippen molar-refractivity contribution in [2.24, 2.45) is 0 Å². The molecule has 0 unspecified atom stereocenters. The van der Waals surface area contributed by atoms with Crippen molar-refractivity contribution >= 4 is 0 Å². The fourth-order valence-electron chi connectivity index (χ4n) is 1.26. The van der Waals surface area contributed by atoms with E-state index in [1.807, 2.05) is 6.07 Å². The smallest absolute Gasteiger partial charge is 0.310 e. The van der Waals surface area contributed by atoms with Crippen LogP contribution in [-0.2, 0) is 6.54 Å². The summed E-state index contributed by atoms with van der Waals surface area (Å²) in [6.07, 6.45) is -2.50. The van der Waals surface area contributed by atoms with Gasteiger partial charge in [0.1, 0.15) is 0 Å². The molecule has 0 aliphatic carbocycles. The second-order valence-electron chi connectivity index (χ2n) is 3.61.